The van der Waals surface area contributed by atoms with Crippen LogP contribution in [0.5, 0.6) is 5.75 Å². The van der Waals surface area contributed by atoms with Gasteiger partial charge in [-0.3, -0.25) is 4.79 Å². The van der Waals surface area contributed by atoms with Crippen LogP contribution in [0.25, 0.3) is 0 Å². The molecule has 0 radical (unpaired) electrons. The molecule has 0 aromatic carbocycles. The number of nitrogens with one attached hydrogen (secondary N) is 1. The Balaban J connectivity index is 3.29. The molecule has 1 aromatic heterocycles. The first kappa shape index (κ1) is 14.4. The number of hydrogen-bond donors (Lipinski definition) is 1. The van der Waals surface area contributed by atoms with Crippen molar-refractivity contribution in [1.82, 2.24) is 4.98 Å². The fourth-order valence-electron chi connectivity index (χ4n) is 1.15. The van der Waals surface area contributed by atoms with Gasteiger partial charge in [0.1, 0.15) is 5.69 Å². The molecule has 1 rings (SSSR count). The van der Waals surface area contributed by atoms with Crippen molar-refractivity contribution in [1.29, 1.82) is 0 Å². The summed E-state index contributed by atoms with van der Waals surface area (Å²) in [5, 5.41) is 0. The van der Waals surface area contributed by atoms with Gasteiger partial charge < -0.3 is 14.5 Å². The topological polar surface area (TPSA) is 68.4 Å². The van der Waals surface area contributed by atoms with Crippen molar-refractivity contribution in [3.8, 4) is 5.75 Å². The third-order valence-electron chi connectivity index (χ3n) is 1.83. The highest BCUT2D eigenvalue weighted by Crippen LogP contribution is 2.24. The predicted molar refractivity (Wildman–Crippen MR) is 54.6 cm³/mol. The van der Waals surface area contributed by atoms with Crippen LogP contribution in [0.4, 0.5) is 13.2 Å². The second kappa shape index (κ2) is 5.30. The normalized spacial score (nSPS) is 11.2. The predicted octanol–water partition coefficient (Wildman–Crippen LogP) is 1.80. The van der Waals surface area contributed by atoms with Crippen LogP contribution in [0.1, 0.15) is 16.1 Å². The van der Waals surface area contributed by atoms with Gasteiger partial charge in [-0.2, -0.15) is 0 Å². The summed E-state index contributed by atoms with van der Waals surface area (Å²) in [7, 11) is 1.06. The van der Waals surface area contributed by atoms with Crippen molar-refractivity contribution in [3.63, 3.8) is 0 Å². The van der Waals surface area contributed by atoms with Gasteiger partial charge in [0.2, 0.25) is 0 Å². The lowest BCUT2D eigenvalue weighted by atomic mass is 10.2. The molecule has 0 saturated heterocycles. The molecule has 0 spiro atoms. The number of alkyl halides is 4. The number of ether oxygens (including phenoxy) is 2. The number of halogens is 4. The summed E-state index contributed by atoms with van der Waals surface area (Å²) in [6.07, 6.45) is -5.03. The summed E-state index contributed by atoms with van der Waals surface area (Å²) in [4.78, 5) is 24.4. The molecular formula is C9H7ClF3NO4. The first-order valence-electron chi connectivity index (χ1n) is 4.44. The zero-order valence-electron chi connectivity index (χ0n) is 8.93. The van der Waals surface area contributed by atoms with Gasteiger partial charge in [-0.15, -0.1) is 24.8 Å². The number of carbonyl (C=O) groups is 1. The van der Waals surface area contributed by atoms with E-state index in [1.165, 1.54) is 0 Å². The Bertz CT molecular complexity index is 512. The minimum absolute atomic E-state index is 0.266. The Morgan fingerprint density at radius 2 is 2.11 bits per heavy atom. The van der Waals surface area contributed by atoms with E-state index < -0.39 is 29.5 Å². The second-order valence-corrected chi connectivity index (χ2v) is 3.31. The maximum atomic E-state index is 12.1. The number of rotatable bonds is 3. The van der Waals surface area contributed by atoms with Crippen molar-refractivity contribution in [2.75, 3.05) is 7.11 Å². The zero-order chi connectivity index (χ0) is 13.9. The molecule has 0 atom stereocenters. The molecule has 0 aliphatic carbocycles. The molecule has 9 heteroatoms. The van der Waals surface area contributed by atoms with Gasteiger partial charge in [-0.25, -0.2) is 4.79 Å². The largest absolute Gasteiger partial charge is 0.573 e. The highest BCUT2D eigenvalue weighted by atomic mass is 35.5. The summed E-state index contributed by atoms with van der Waals surface area (Å²) in [5.41, 5.74) is -1.79. The lowest BCUT2D eigenvalue weighted by molar-refractivity contribution is -0.275. The molecule has 1 heterocycles. The molecule has 1 N–H and O–H groups in total. The molecule has 0 aliphatic rings. The lowest BCUT2D eigenvalue weighted by Gasteiger charge is -2.11. The van der Waals surface area contributed by atoms with Crippen LogP contribution in [0.2, 0.25) is 0 Å². The van der Waals surface area contributed by atoms with E-state index in [1.54, 1.807) is 0 Å². The Morgan fingerprint density at radius 3 is 2.56 bits per heavy atom. The number of aromatic nitrogens is 1. The van der Waals surface area contributed by atoms with Crippen molar-refractivity contribution in [2.24, 2.45) is 0 Å². The molecule has 0 saturated carbocycles. The SMILES string of the molecule is COC(=O)c1cc(CCl)c(OC(F)(F)F)c(=O)[nH]1. The van der Waals surface area contributed by atoms with Crippen LogP contribution < -0.4 is 10.3 Å². The van der Waals surface area contributed by atoms with Gasteiger partial charge in [-0.05, 0) is 6.07 Å². The molecule has 0 amide bonds. The van der Waals surface area contributed by atoms with Crippen LogP contribution in [0, 0.1) is 0 Å². The van der Waals surface area contributed by atoms with Crippen LogP contribution in [-0.4, -0.2) is 24.4 Å². The van der Waals surface area contributed by atoms with E-state index >= 15 is 0 Å². The summed E-state index contributed by atoms with van der Waals surface area (Å²) in [6, 6.07) is 0.960. The number of H-pyrrole nitrogens is 1. The molecule has 0 bridgehead atoms. The molecular weight excluding hydrogens is 279 g/mol. The van der Waals surface area contributed by atoms with Crippen molar-refractivity contribution >= 4 is 17.6 Å². The Hall–Kier alpha value is -1.70. The van der Waals surface area contributed by atoms with Crippen LogP contribution in [-0.2, 0) is 10.6 Å². The summed E-state index contributed by atoms with van der Waals surface area (Å²) >= 11 is 5.40. The van der Waals surface area contributed by atoms with Gasteiger partial charge in [-0.1, -0.05) is 0 Å². The van der Waals surface area contributed by atoms with Crippen molar-refractivity contribution < 1.29 is 27.4 Å². The summed E-state index contributed by atoms with van der Waals surface area (Å²) in [6.45, 7) is 0. The maximum absolute atomic E-state index is 12.1. The van der Waals surface area contributed by atoms with Gasteiger partial charge in [0.25, 0.3) is 5.56 Å². The van der Waals surface area contributed by atoms with E-state index in [-0.39, 0.29) is 11.3 Å². The van der Waals surface area contributed by atoms with E-state index in [9.17, 15) is 22.8 Å². The monoisotopic (exact) mass is 285 g/mol. The van der Waals surface area contributed by atoms with E-state index in [0.29, 0.717) is 0 Å². The van der Waals surface area contributed by atoms with Crippen LogP contribution in [0.3, 0.4) is 0 Å². The highest BCUT2D eigenvalue weighted by Gasteiger charge is 2.33. The maximum Gasteiger partial charge on any atom is 0.573 e. The molecule has 0 unspecified atom stereocenters. The minimum atomic E-state index is -5.03. The van der Waals surface area contributed by atoms with Gasteiger partial charge >= 0.3 is 12.3 Å². The van der Waals surface area contributed by atoms with E-state index in [0.717, 1.165) is 13.2 Å². The smallest absolute Gasteiger partial charge is 0.464 e. The first-order valence-corrected chi connectivity index (χ1v) is 4.98. The van der Waals surface area contributed by atoms with Gasteiger partial charge in [0.05, 0.1) is 13.0 Å². The van der Waals surface area contributed by atoms with Crippen LogP contribution >= 0.6 is 11.6 Å². The van der Waals surface area contributed by atoms with Gasteiger partial charge in [0.15, 0.2) is 5.75 Å². The summed E-state index contributed by atoms with van der Waals surface area (Å²) < 4.78 is 44.0. The third-order valence-corrected chi connectivity index (χ3v) is 2.12. The molecule has 1 aromatic rings. The summed E-state index contributed by atoms with van der Waals surface area (Å²) in [5.74, 6) is -2.33. The zero-order valence-corrected chi connectivity index (χ0v) is 9.69. The van der Waals surface area contributed by atoms with Gasteiger partial charge in [0, 0.05) is 5.56 Å². The molecule has 5 nitrogen and oxygen atoms in total. The Labute approximate surface area is 103 Å². The van der Waals surface area contributed by atoms with E-state index in [2.05, 4.69) is 9.47 Å². The average Bonchev–Trinajstić information content (AvgIpc) is 2.28. The fourth-order valence-corrected chi connectivity index (χ4v) is 1.35. The first-order chi connectivity index (χ1) is 8.28. The number of carbonyl (C=O) groups excluding carboxylic acids is 1. The van der Waals surface area contributed by atoms with Crippen molar-refractivity contribution in [2.45, 2.75) is 12.2 Å². The molecule has 0 aliphatic heterocycles. The number of esters is 1. The number of aromatic amines is 1. The van der Waals surface area contributed by atoms with Crippen LogP contribution in [0.15, 0.2) is 10.9 Å². The second-order valence-electron chi connectivity index (χ2n) is 3.04. The average molecular weight is 286 g/mol. The number of methoxy groups -OCH3 is 1. The number of pyridine rings is 1. The number of hydrogen-bond acceptors (Lipinski definition) is 4. The standard InChI is InChI=1S/C9H7ClF3NO4/c1-17-8(16)5-2-4(3-10)6(7(15)14-5)18-9(11,12)13/h2H,3H2,1H3,(H,14,15). The van der Waals surface area contributed by atoms with E-state index in [1.807, 2.05) is 4.98 Å². The lowest BCUT2D eigenvalue weighted by Crippen LogP contribution is -2.25. The molecule has 18 heavy (non-hydrogen) atoms. The Morgan fingerprint density at radius 1 is 1.50 bits per heavy atom. The minimum Gasteiger partial charge on any atom is -0.464 e. The Kier molecular flexibility index (Phi) is 4.23. The molecule has 100 valence electrons. The van der Waals surface area contributed by atoms with E-state index in [4.69, 9.17) is 11.6 Å². The molecule has 0 fully saturated rings. The highest BCUT2D eigenvalue weighted by molar-refractivity contribution is 6.17. The quantitative estimate of drug-likeness (QED) is 0.679. The third kappa shape index (κ3) is 3.39. The fraction of sp³-hybridized carbons (Fsp3) is 0.333. The van der Waals surface area contributed by atoms with Crippen molar-refractivity contribution in [3.05, 3.63) is 27.7 Å².